The Balaban J connectivity index is 1.59. The molecule has 0 saturated heterocycles. The van der Waals surface area contributed by atoms with Crippen molar-refractivity contribution in [3.05, 3.63) is 83.8 Å². The fourth-order valence-electron chi connectivity index (χ4n) is 2.96. The number of carbonyl (C=O) groups excluding carboxylic acids is 1. The molecule has 2 aromatic heterocycles. The molecule has 2 heterocycles. The summed E-state index contributed by atoms with van der Waals surface area (Å²) in [5, 5.41) is 11.0. The van der Waals surface area contributed by atoms with Gasteiger partial charge in [-0.3, -0.25) is 9.89 Å². The van der Waals surface area contributed by atoms with E-state index in [4.69, 9.17) is 0 Å². The van der Waals surface area contributed by atoms with E-state index in [2.05, 4.69) is 27.6 Å². The number of amides is 1. The Morgan fingerprint density at radius 3 is 2.84 bits per heavy atom. The van der Waals surface area contributed by atoms with Crippen LogP contribution in [0.1, 0.15) is 21.6 Å². The van der Waals surface area contributed by atoms with Crippen molar-refractivity contribution in [2.45, 2.75) is 13.5 Å². The fourth-order valence-corrected chi connectivity index (χ4v) is 2.96. The average molecular weight is 330 g/mol. The highest BCUT2D eigenvalue weighted by atomic mass is 16.1. The third kappa shape index (κ3) is 3.04. The molecule has 2 aromatic carbocycles. The second-order valence-electron chi connectivity index (χ2n) is 6.09. The number of carbonyl (C=O) groups is 1. The van der Waals surface area contributed by atoms with E-state index in [1.165, 1.54) is 0 Å². The van der Waals surface area contributed by atoms with E-state index in [0.717, 1.165) is 27.7 Å². The minimum absolute atomic E-state index is 0.119. The monoisotopic (exact) mass is 330 g/mol. The molecule has 124 valence electrons. The molecule has 0 radical (unpaired) electrons. The van der Waals surface area contributed by atoms with Crippen LogP contribution in [0.5, 0.6) is 0 Å². The maximum atomic E-state index is 12.8. The van der Waals surface area contributed by atoms with Crippen molar-refractivity contribution in [2.75, 3.05) is 5.32 Å². The lowest BCUT2D eigenvalue weighted by atomic mass is 10.1. The predicted molar refractivity (Wildman–Crippen MR) is 98.8 cm³/mol. The molecule has 4 aromatic rings. The van der Waals surface area contributed by atoms with Crippen LogP contribution < -0.4 is 5.32 Å². The first-order valence-electron chi connectivity index (χ1n) is 8.15. The van der Waals surface area contributed by atoms with E-state index in [1.807, 2.05) is 60.2 Å². The summed E-state index contributed by atoms with van der Waals surface area (Å²) >= 11 is 0. The maximum Gasteiger partial charge on any atom is 0.272 e. The van der Waals surface area contributed by atoms with Crippen LogP contribution in [-0.4, -0.2) is 20.7 Å². The van der Waals surface area contributed by atoms with Crippen LogP contribution in [0.25, 0.3) is 10.9 Å². The summed E-state index contributed by atoms with van der Waals surface area (Å²) in [6.45, 7) is 2.63. The lowest BCUT2D eigenvalue weighted by molar-refractivity contribution is 0.101. The van der Waals surface area contributed by atoms with Crippen LogP contribution in [0.15, 0.2) is 67.0 Å². The number of aromatic nitrogens is 3. The Morgan fingerprint density at radius 2 is 2.00 bits per heavy atom. The van der Waals surface area contributed by atoms with Crippen molar-refractivity contribution >= 4 is 22.5 Å². The third-order valence-corrected chi connectivity index (χ3v) is 4.29. The minimum atomic E-state index is -0.119. The first-order chi connectivity index (χ1) is 12.2. The number of H-pyrrole nitrogens is 1. The summed E-state index contributed by atoms with van der Waals surface area (Å²) in [7, 11) is 0. The summed E-state index contributed by atoms with van der Waals surface area (Å²) in [6.07, 6.45) is 3.68. The largest absolute Gasteiger partial charge is 0.339 e. The molecule has 5 nitrogen and oxygen atoms in total. The van der Waals surface area contributed by atoms with Crippen molar-refractivity contribution in [3.63, 3.8) is 0 Å². The lowest BCUT2D eigenvalue weighted by Crippen LogP contribution is -2.17. The number of aryl methyl sites for hydroxylation is 1. The van der Waals surface area contributed by atoms with Crippen LogP contribution in [0.4, 0.5) is 5.69 Å². The van der Waals surface area contributed by atoms with E-state index < -0.39 is 0 Å². The number of aromatic amines is 1. The normalized spacial score (nSPS) is 10.9. The molecular weight excluding hydrogens is 312 g/mol. The Kier molecular flexibility index (Phi) is 3.82. The van der Waals surface area contributed by atoms with Gasteiger partial charge in [-0.05, 0) is 42.3 Å². The molecule has 5 heteroatoms. The summed E-state index contributed by atoms with van der Waals surface area (Å²) < 4.78 is 1.95. The van der Waals surface area contributed by atoms with Crippen LogP contribution in [0.2, 0.25) is 0 Å². The first-order valence-corrected chi connectivity index (χ1v) is 8.15. The summed E-state index contributed by atoms with van der Waals surface area (Å²) in [5.41, 5.74) is 4.54. The summed E-state index contributed by atoms with van der Waals surface area (Å²) in [5.74, 6) is -0.119. The van der Waals surface area contributed by atoms with Gasteiger partial charge in [0.15, 0.2) is 0 Å². The Hall–Kier alpha value is -3.34. The topological polar surface area (TPSA) is 62.7 Å². The third-order valence-electron chi connectivity index (χ3n) is 4.29. The van der Waals surface area contributed by atoms with Gasteiger partial charge in [-0.1, -0.05) is 30.3 Å². The van der Waals surface area contributed by atoms with Gasteiger partial charge in [0.05, 0.1) is 11.7 Å². The van der Waals surface area contributed by atoms with Gasteiger partial charge in [0, 0.05) is 23.8 Å². The molecule has 25 heavy (non-hydrogen) atoms. The number of nitrogens with one attached hydrogen (secondary N) is 2. The number of fused-ring (bicyclic) bond motifs is 1. The highest BCUT2D eigenvalue weighted by molar-refractivity contribution is 6.04. The molecule has 0 atom stereocenters. The van der Waals surface area contributed by atoms with E-state index in [-0.39, 0.29) is 5.91 Å². The number of anilines is 1. The summed E-state index contributed by atoms with van der Waals surface area (Å²) in [4.78, 5) is 12.8. The molecule has 0 unspecified atom stereocenters. The van der Waals surface area contributed by atoms with Crippen molar-refractivity contribution in [1.82, 2.24) is 14.8 Å². The smallest absolute Gasteiger partial charge is 0.272 e. The van der Waals surface area contributed by atoms with Crippen LogP contribution in [0, 0.1) is 6.92 Å². The van der Waals surface area contributed by atoms with Gasteiger partial charge < -0.3 is 9.88 Å². The number of hydrogen-bond donors (Lipinski definition) is 2. The van der Waals surface area contributed by atoms with Crippen molar-refractivity contribution in [2.24, 2.45) is 0 Å². The average Bonchev–Trinajstić information content (AvgIpc) is 3.25. The summed E-state index contributed by atoms with van der Waals surface area (Å²) in [6, 6.07) is 17.8. The standard InChI is InChI=1S/C20H18N4O/c1-14-10-18-16(12-21-23-18)11-17(14)22-20(25)19-8-5-9-24(19)13-15-6-3-2-4-7-15/h2-12H,13H2,1H3,(H,21,23)(H,22,25). The number of nitrogens with zero attached hydrogens (tertiary/aromatic N) is 2. The Morgan fingerprint density at radius 1 is 1.16 bits per heavy atom. The van der Waals surface area contributed by atoms with Gasteiger partial charge in [0.25, 0.3) is 5.91 Å². The zero-order valence-corrected chi connectivity index (χ0v) is 13.9. The van der Waals surface area contributed by atoms with Crippen LogP contribution in [0.3, 0.4) is 0 Å². The Bertz CT molecular complexity index is 1030. The number of rotatable bonds is 4. The van der Waals surface area contributed by atoms with Crippen molar-refractivity contribution in [1.29, 1.82) is 0 Å². The molecule has 0 saturated carbocycles. The van der Waals surface area contributed by atoms with Gasteiger partial charge in [0.2, 0.25) is 0 Å². The molecule has 0 fully saturated rings. The molecule has 0 aliphatic rings. The molecular formula is C20H18N4O. The molecule has 0 bridgehead atoms. The van der Waals surface area contributed by atoms with Crippen molar-refractivity contribution < 1.29 is 4.79 Å². The van der Waals surface area contributed by atoms with Gasteiger partial charge in [-0.25, -0.2) is 0 Å². The fraction of sp³-hybridized carbons (Fsp3) is 0.100. The maximum absolute atomic E-state index is 12.8. The Labute approximate surface area is 145 Å². The second kappa shape index (κ2) is 6.28. The van der Waals surface area contributed by atoms with Crippen molar-refractivity contribution in [3.8, 4) is 0 Å². The van der Waals surface area contributed by atoms with Crippen LogP contribution >= 0.6 is 0 Å². The van der Waals surface area contributed by atoms with Gasteiger partial charge in [-0.15, -0.1) is 0 Å². The predicted octanol–water partition coefficient (Wildman–Crippen LogP) is 3.97. The SMILES string of the molecule is Cc1cc2[nH]ncc2cc1NC(=O)c1cccn1Cc1ccccc1. The zero-order valence-electron chi connectivity index (χ0n) is 13.9. The minimum Gasteiger partial charge on any atom is -0.339 e. The molecule has 4 rings (SSSR count). The number of benzene rings is 2. The van der Waals surface area contributed by atoms with Crippen LogP contribution in [-0.2, 0) is 6.54 Å². The van der Waals surface area contributed by atoms with Gasteiger partial charge >= 0.3 is 0 Å². The highest BCUT2D eigenvalue weighted by Gasteiger charge is 2.13. The molecule has 0 aliphatic heterocycles. The molecule has 1 amide bonds. The molecule has 0 spiro atoms. The zero-order chi connectivity index (χ0) is 17.2. The molecule has 0 aliphatic carbocycles. The van der Waals surface area contributed by atoms with Gasteiger partial charge in [-0.2, -0.15) is 5.10 Å². The van der Waals surface area contributed by atoms with E-state index in [1.54, 1.807) is 6.20 Å². The number of hydrogen-bond acceptors (Lipinski definition) is 2. The van der Waals surface area contributed by atoms with E-state index in [0.29, 0.717) is 12.2 Å². The van der Waals surface area contributed by atoms with E-state index in [9.17, 15) is 4.79 Å². The lowest BCUT2D eigenvalue weighted by Gasteiger charge is -2.12. The second-order valence-corrected chi connectivity index (χ2v) is 6.09. The van der Waals surface area contributed by atoms with Gasteiger partial charge in [0.1, 0.15) is 5.69 Å². The molecule has 2 N–H and O–H groups in total. The quantitative estimate of drug-likeness (QED) is 0.594. The van der Waals surface area contributed by atoms with E-state index >= 15 is 0 Å². The highest BCUT2D eigenvalue weighted by Crippen LogP contribution is 2.22. The first kappa shape index (κ1) is 15.2.